The van der Waals surface area contributed by atoms with Gasteiger partial charge in [-0.2, -0.15) is 0 Å². The average molecular weight is 392 g/mol. The number of carbonyl (C=O) groups excluding carboxylic acids is 2. The molecule has 2 aromatic rings. The molecule has 5 nitrogen and oxygen atoms in total. The van der Waals surface area contributed by atoms with Crippen molar-refractivity contribution >= 4 is 23.1 Å². The fourth-order valence-corrected chi connectivity index (χ4v) is 3.22. The minimum atomic E-state index is -0.289. The number of nitrogens with one attached hydrogen (secondary N) is 1. The summed E-state index contributed by atoms with van der Waals surface area (Å²) in [4.78, 5) is 27.5. The molecule has 0 spiro atoms. The predicted octanol–water partition coefficient (Wildman–Crippen LogP) is 4.39. The molecule has 1 heterocycles. The van der Waals surface area contributed by atoms with Crippen molar-refractivity contribution < 1.29 is 14.3 Å². The smallest absolute Gasteiger partial charge is 0.278 e. The molecule has 0 radical (unpaired) electrons. The molecule has 29 heavy (non-hydrogen) atoms. The number of amides is 2. The number of unbranched alkanes of at least 4 members (excludes halogenated alkanes) is 1. The minimum absolute atomic E-state index is 0.258. The molecule has 2 aromatic carbocycles. The van der Waals surface area contributed by atoms with Gasteiger partial charge in [0.15, 0.2) is 0 Å². The topological polar surface area (TPSA) is 58.6 Å². The Bertz CT molecular complexity index is 873. The predicted molar refractivity (Wildman–Crippen MR) is 115 cm³/mol. The molecule has 0 aromatic heterocycles. The van der Waals surface area contributed by atoms with E-state index in [9.17, 15) is 9.59 Å². The van der Waals surface area contributed by atoms with Gasteiger partial charge < -0.3 is 10.1 Å². The molecule has 0 unspecified atom stereocenters. The lowest BCUT2D eigenvalue weighted by Gasteiger charge is -2.15. The molecule has 0 fully saturated rings. The fraction of sp³-hybridized carbons (Fsp3) is 0.333. The van der Waals surface area contributed by atoms with Crippen molar-refractivity contribution in [3.63, 3.8) is 0 Å². The van der Waals surface area contributed by atoms with Crippen molar-refractivity contribution in [2.45, 2.75) is 33.1 Å². The van der Waals surface area contributed by atoms with Crippen molar-refractivity contribution in [1.29, 1.82) is 0 Å². The lowest BCUT2D eigenvalue weighted by molar-refractivity contribution is -0.137. The zero-order valence-electron chi connectivity index (χ0n) is 17.1. The fourth-order valence-electron chi connectivity index (χ4n) is 3.22. The first-order valence-electron chi connectivity index (χ1n) is 10.2. The van der Waals surface area contributed by atoms with Gasteiger partial charge in [-0.05, 0) is 37.5 Å². The van der Waals surface area contributed by atoms with Crippen LogP contribution in [0.25, 0.3) is 5.57 Å². The Morgan fingerprint density at radius 3 is 2.28 bits per heavy atom. The Hall–Kier alpha value is -2.92. The SMILES string of the molecule is CCCCOCCCN1C(=O)C(Nc2ccccc2)=C(c2ccc(C)cc2)C1=O. The molecule has 1 aliphatic rings. The Morgan fingerprint density at radius 2 is 1.59 bits per heavy atom. The zero-order valence-corrected chi connectivity index (χ0v) is 17.1. The van der Waals surface area contributed by atoms with E-state index in [2.05, 4.69) is 12.2 Å². The van der Waals surface area contributed by atoms with E-state index in [0.717, 1.165) is 29.7 Å². The average Bonchev–Trinajstić information content (AvgIpc) is 2.96. The highest BCUT2D eigenvalue weighted by Crippen LogP contribution is 2.30. The summed E-state index contributed by atoms with van der Waals surface area (Å²) >= 11 is 0. The van der Waals surface area contributed by atoms with Gasteiger partial charge in [0.1, 0.15) is 5.70 Å². The van der Waals surface area contributed by atoms with Crippen LogP contribution in [0.2, 0.25) is 0 Å². The van der Waals surface area contributed by atoms with E-state index in [1.165, 1.54) is 4.90 Å². The number of rotatable bonds is 10. The molecule has 3 rings (SSSR count). The van der Waals surface area contributed by atoms with Crippen LogP contribution < -0.4 is 5.32 Å². The maximum Gasteiger partial charge on any atom is 0.278 e. The van der Waals surface area contributed by atoms with Gasteiger partial charge in [0, 0.05) is 25.4 Å². The van der Waals surface area contributed by atoms with Gasteiger partial charge >= 0.3 is 0 Å². The van der Waals surface area contributed by atoms with Crippen molar-refractivity contribution in [1.82, 2.24) is 4.90 Å². The second-order valence-corrected chi connectivity index (χ2v) is 7.19. The number of hydrogen-bond acceptors (Lipinski definition) is 4. The summed E-state index contributed by atoms with van der Waals surface area (Å²) in [5.41, 5.74) is 3.37. The molecular weight excluding hydrogens is 364 g/mol. The Labute approximate surface area is 172 Å². The first kappa shape index (κ1) is 20.8. The molecule has 152 valence electrons. The Morgan fingerprint density at radius 1 is 0.897 bits per heavy atom. The summed E-state index contributed by atoms with van der Waals surface area (Å²) in [7, 11) is 0. The second-order valence-electron chi connectivity index (χ2n) is 7.19. The summed E-state index contributed by atoms with van der Waals surface area (Å²) in [5.74, 6) is -0.547. The largest absolute Gasteiger partial charge is 0.381 e. The van der Waals surface area contributed by atoms with E-state index in [1.54, 1.807) is 0 Å². The summed E-state index contributed by atoms with van der Waals surface area (Å²) in [5, 5.41) is 3.17. The Kier molecular flexibility index (Phi) is 7.19. The molecule has 1 aliphatic heterocycles. The van der Waals surface area contributed by atoms with E-state index in [4.69, 9.17) is 4.74 Å². The number of carbonyl (C=O) groups is 2. The summed E-state index contributed by atoms with van der Waals surface area (Å²) in [6, 6.07) is 17.1. The maximum atomic E-state index is 13.1. The highest BCUT2D eigenvalue weighted by Gasteiger charge is 2.38. The number of anilines is 1. The number of imide groups is 1. The highest BCUT2D eigenvalue weighted by atomic mass is 16.5. The van der Waals surface area contributed by atoms with E-state index < -0.39 is 0 Å². The number of aryl methyl sites for hydroxylation is 1. The van der Waals surface area contributed by atoms with Gasteiger partial charge in [-0.3, -0.25) is 14.5 Å². The second kappa shape index (κ2) is 10.0. The number of nitrogens with zero attached hydrogens (tertiary/aromatic N) is 1. The maximum absolute atomic E-state index is 13.1. The van der Waals surface area contributed by atoms with Gasteiger partial charge in [0.2, 0.25) is 0 Å². The lowest BCUT2D eigenvalue weighted by atomic mass is 10.0. The van der Waals surface area contributed by atoms with Crippen LogP contribution in [0, 0.1) is 6.92 Å². The molecule has 2 amide bonds. The van der Waals surface area contributed by atoms with Crippen LogP contribution in [0.5, 0.6) is 0 Å². The third-order valence-corrected chi connectivity index (χ3v) is 4.86. The Balaban J connectivity index is 1.80. The van der Waals surface area contributed by atoms with Gasteiger partial charge in [-0.1, -0.05) is 61.4 Å². The zero-order chi connectivity index (χ0) is 20.6. The van der Waals surface area contributed by atoms with Crippen molar-refractivity contribution in [3.8, 4) is 0 Å². The minimum Gasteiger partial charge on any atom is -0.381 e. The van der Waals surface area contributed by atoms with E-state index in [-0.39, 0.29) is 11.8 Å². The van der Waals surface area contributed by atoms with Crippen LogP contribution >= 0.6 is 0 Å². The molecule has 5 heteroatoms. The summed E-state index contributed by atoms with van der Waals surface area (Å²) in [6.45, 7) is 5.71. The van der Waals surface area contributed by atoms with Gasteiger partial charge in [-0.25, -0.2) is 0 Å². The normalized spacial score (nSPS) is 14.1. The molecule has 0 saturated carbocycles. The van der Waals surface area contributed by atoms with E-state index in [1.807, 2.05) is 61.5 Å². The van der Waals surface area contributed by atoms with E-state index >= 15 is 0 Å². The highest BCUT2D eigenvalue weighted by molar-refractivity contribution is 6.36. The van der Waals surface area contributed by atoms with Crippen molar-refractivity contribution in [3.05, 3.63) is 71.4 Å². The quantitative estimate of drug-likeness (QED) is 0.481. The van der Waals surface area contributed by atoms with Crippen LogP contribution in [-0.2, 0) is 14.3 Å². The van der Waals surface area contributed by atoms with Gasteiger partial charge in [0.25, 0.3) is 11.8 Å². The summed E-state index contributed by atoms with van der Waals surface area (Å²) in [6.07, 6.45) is 2.73. The van der Waals surface area contributed by atoms with Crippen LogP contribution in [0.15, 0.2) is 60.3 Å². The molecule has 0 bridgehead atoms. The standard InChI is InChI=1S/C24H28N2O3/c1-3-4-16-29-17-8-15-26-23(27)21(19-13-11-18(2)12-14-19)22(24(26)28)25-20-9-6-5-7-10-20/h5-7,9-14,25H,3-4,8,15-17H2,1-2H3. The number of hydrogen-bond donors (Lipinski definition) is 1. The molecule has 0 saturated heterocycles. The van der Waals surface area contributed by atoms with Gasteiger partial charge in [0.05, 0.1) is 5.57 Å². The van der Waals surface area contributed by atoms with Crippen LogP contribution in [0.4, 0.5) is 5.69 Å². The first-order chi connectivity index (χ1) is 14.1. The third kappa shape index (κ3) is 5.12. The number of benzene rings is 2. The third-order valence-electron chi connectivity index (χ3n) is 4.86. The summed E-state index contributed by atoms with van der Waals surface area (Å²) < 4.78 is 5.57. The van der Waals surface area contributed by atoms with Crippen LogP contribution in [0.1, 0.15) is 37.3 Å². The molecule has 1 N–H and O–H groups in total. The molecule has 0 atom stereocenters. The monoisotopic (exact) mass is 392 g/mol. The number of ether oxygens (including phenoxy) is 1. The molecule has 0 aliphatic carbocycles. The van der Waals surface area contributed by atoms with E-state index in [0.29, 0.717) is 37.4 Å². The van der Waals surface area contributed by atoms with Gasteiger partial charge in [-0.15, -0.1) is 0 Å². The first-order valence-corrected chi connectivity index (χ1v) is 10.2. The molecular formula is C24H28N2O3. The number of para-hydroxylation sites is 1. The van der Waals surface area contributed by atoms with Crippen molar-refractivity contribution in [2.24, 2.45) is 0 Å². The van der Waals surface area contributed by atoms with Crippen molar-refractivity contribution in [2.75, 3.05) is 25.1 Å². The van der Waals surface area contributed by atoms with Crippen LogP contribution in [0.3, 0.4) is 0 Å². The van der Waals surface area contributed by atoms with Crippen LogP contribution in [-0.4, -0.2) is 36.5 Å². The lowest BCUT2D eigenvalue weighted by Crippen LogP contribution is -2.34.